The van der Waals surface area contributed by atoms with E-state index in [1.807, 2.05) is 0 Å². The number of likely N-dealkylation sites (tertiary alicyclic amines) is 1. The van der Waals surface area contributed by atoms with E-state index in [9.17, 15) is 18.7 Å². The summed E-state index contributed by atoms with van der Waals surface area (Å²) in [6, 6.07) is 1.91. The number of hydrogen-bond donors (Lipinski definition) is 2. The monoisotopic (exact) mass is 314 g/mol. The van der Waals surface area contributed by atoms with Crippen LogP contribution in [0.4, 0.5) is 8.78 Å². The van der Waals surface area contributed by atoms with Crippen molar-refractivity contribution >= 4 is 5.91 Å². The topological polar surface area (TPSA) is 61.8 Å². The molecule has 1 saturated heterocycles. The first kappa shape index (κ1) is 16.6. The number of aliphatic hydroxyl groups is 1. The maximum atomic E-state index is 13.5. The van der Waals surface area contributed by atoms with Crippen LogP contribution in [0.5, 0.6) is 5.75 Å². The third-order valence-electron chi connectivity index (χ3n) is 3.74. The van der Waals surface area contributed by atoms with E-state index in [2.05, 4.69) is 15.0 Å². The molecule has 0 atom stereocenters. The molecule has 2 N–H and O–H groups in total. The molecule has 0 bridgehead atoms. The summed E-state index contributed by atoms with van der Waals surface area (Å²) in [6.45, 7) is 2.58. The summed E-state index contributed by atoms with van der Waals surface area (Å²) in [7, 11) is 1.16. The van der Waals surface area contributed by atoms with Crippen LogP contribution in [0.1, 0.15) is 23.2 Å². The smallest absolute Gasteiger partial charge is 0.251 e. The number of hydrogen-bond acceptors (Lipinski definition) is 4. The number of nitrogens with one attached hydrogen (secondary N) is 1. The largest absolute Gasteiger partial charge is 0.491 e. The van der Waals surface area contributed by atoms with Crippen LogP contribution in [0.15, 0.2) is 12.1 Å². The summed E-state index contributed by atoms with van der Waals surface area (Å²) in [4.78, 5) is 14.0. The van der Waals surface area contributed by atoms with Gasteiger partial charge in [0.15, 0.2) is 17.4 Å². The highest BCUT2D eigenvalue weighted by Crippen LogP contribution is 2.22. The van der Waals surface area contributed by atoms with Crippen molar-refractivity contribution in [3.05, 3.63) is 29.3 Å². The molecule has 1 aliphatic heterocycles. The number of piperidine rings is 1. The fourth-order valence-electron chi connectivity index (χ4n) is 2.46. The summed E-state index contributed by atoms with van der Waals surface area (Å²) in [6.07, 6.45) is 1.21. The molecule has 1 aliphatic rings. The number of methoxy groups -OCH3 is 1. The van der Waals surface area contributed by atoms with Crippen molar-refractivity contribution in [1.82, 2.24) is 10.2 Å². The Labute approximate surface area is 127 Å². The third kappa shape index (κ3) is 4.14. The van der Waals surface area contributed by atoms with Crippen molar-refractivity contribution in [2.75, 3.05) is 33.3 Å². The van der Waals surface area contributed by atoms with Crippen molar-refractivity contribution in [3.8, 4) is 5.75 Å². The first-order valence-corrected chi connectivity index (χ1v) is 7.23. The van der Waals surface area contributed by atoms with Crippen LogP contribution >= 0.6 is 0 Å². The normalized spacial score (nSPS) is 16.5. The number of nitrogens with zero attached hydrogens (tertiary/aromatic N) is 1. The van der Waals surface area contributed by atoms with Gasteiger partial charge in [0.25, 0.3) is 5.91 Å². The third-order valence-corrected chi connectivity index (χ3v) is 3.74. The average Bonchev–Trinajstić information content (AvgIpc) is 2.49. The van der Waals surface area contributed by atoms with Crippen molar-refractivity contribution in [2.45, 2.75) is 18.9 Å². The summed E-state index contributed by atoms with van der Waals surface area (Å²) in [5.74, 6) is -2.84. The number of amides is 1. The van der Waals surface area contributed by atoms with E-state index in [0.29, 0.717) is 13.1 Å². The lowest BCUT2D eigenvalue weighted by molar-refractivity contribution is 0.0804. The van der Waals surface area contributed by atoms with E-state index in [4.69, 9.17) is 0 Å². The molecule has 5 nitrogen and oxygen atoms in total. The Morgan fingerprint density at radius 2 is 1.95 bits per heavy atom. The number of carbonyl (C=O) groups excluding carboxylic acids is 1. The fourth-order valence-corrected chi connectivity index (χ4v) is 2.46. The highest BCUT2D eigenvalue weighted by Gasteiger charge is 2.18. The highest BCUT2D eigenvalue weighted by molar-refractivity contribution is 5.94. The predicted molar refractivity (Wildman–Crippen MR) is 76.9 cm³/mol. The van der Waals surface area contributed by atoms with Crippen LogP contribution in [0.2, 0.25) is 0 Å². The summed E-state index contributed by atoms with van der Waals surface area (Å²) in [5.41, 5.74) is -0.0788. The van der Waals surface area contributed by atoms with E-state index in [-0.39, 0.29) is 11.7 Å². The van der Waals surface area contributed by atoms with Gasteiger partial charge >= 0.3 is 0 Å². The maximum absolute atomic E-state index is 13.5. The van der Waals surface area contributed by atoms with Gasteiger partial charge in [-0.1, -0.05) is 0 Å². The van der Waals surface area contributed by atoms with Crippen molar-refractivity contribution in [2.24, 2.45) is 0 Å². The Morgan fingerprint density at radius 1 is 1.36 bits per heavy atom. The molecule has 7 heteroatoms. The van der Waals surface area contributed by atoms with Crippen LogP contribution in [0.3, 0.4) is 0 Å². The Bertz CT molecular complexity index is 509. The second-order valence-electron chi connectivity index (χ2n) is 5.30. The van der Waals surface area contributed by atoms with Gasteiger partial charge in [0.05, 0.1) is 13.2 Å². The lowest BCUT2D eigenvalue weighted by Crippen LogP contribution is -2.40. The maximum Gasteiger partial charge on any atom is 0.251 e. The molecule has 2 rings (SSSR count). The van der Waals surface area contributed by atoms with Crippen LogP contribution in [0, 0.1) is 11.6 Å². The number of ether oxygens (including phenoxy) is 1. The standard InChI is InChI=1S/C15H20F2N2O3/c1-22-14-12(16)8-10(9-13(14)17)15(21)18-4-7-19-5-2-11(20)3-6-19/h8-9,11,20H,2-7H2,1H3,(H,18,21). The highest BCUT2D eigenvalue weighted by atomic mass is 19.1. The molecule has 0 radical (unpaired) electrons. The van der Waals surface area contributed by atoms with Crippen LogP contribution in [-0.4, -0.2) is 55.3 Å². The summed E-state index contributed by atoms with van der Waals surface area (Å²) >= 11 is 0. The van der Waals surface area contributed by atoms with E-state index < -0.39 is 23.3 Å². The summed E-state index contributed by atoms with van der Waals surface area (Å²) in [5, 5.41) is 12.0. The molecule has 0 saturated carbocycles. The zero-order valence-corrected chi connectivity index (χ0v) is 12.4. The van der Waals surface area contributed by atoms with Gasteiger partial charge in [0, 0.05) is 31.7 Å². The molecule has 1 heterocycles. The first-order valence-electron chi connectivity index (χ1n) is 7.23. The minimum absolute atomic E-state index is 0.0788. The minimum Gasteiger partial charge on any atom is -0.491 e. The molecule has 1 aromatic carbocycles. The van der Waals surface area contributed by atoms with Gasteiger partial charge in [0.1, 0.15) is 0 Å². The lowest BCUT2D eigenvalue weighted by atomic mass is 10.1. The number of rotatable bonds is 5. The van der Waals surface area contributed by atoms with Crippen molar-refractivity contribution in [3.63, 3.8) is 0 Å². The molecule has 0 aliphatic carbocycles. The van der Waals surface area contributed by atoms with E-state index in [0.717, 1.165) is 45.2 Å². The van der Waals surface area contributed by atoms with E-state index in [1.165, 1.54) is 0 Å². The molecular formula is C15H20F2N2O3. The predicted octanol–water partition coefficient (Wildman–Crippen LogP) is 1.16. The Morgan fingerprint density at radius 3 is 2.50 bits per heavy atom. The first-order chi connectivity index (χ1) is 10.5. The molecule has 0 unspecified atom stereocenters. The van der Waals surface area contributed by atoms with Gasteiger partial charge in [-0.15, -0.1) is 0 Å². The zero-order valence-electron chi connectivity index (χ0n) is 12.4. The van der Waals surface area contributed by atoms with Gasteiger partial charge in [-0.25, -0.2) is 8.78 Å². The van der Waals surface area contributed by atoms with E-state index >= 15 is 0 Å². The van der Waals surface area contributed by atoms with Gasteiger partial charge in [-0.2, -0.15) is 0 Å². The van der Waals surface area contributed by atoms with Crippen LogP contribution < -0.4 is 10.1 Å². The minimum atomic E-state index is -0.905. The lowest BCUT2D eigenvalue weighted by Gasteiger charge is -2.29. The molecule has 0 aromatic heterocycles. The molecular weight excluding hydrogens is 294 g/mol. The second-order valence-corrected chi connectivity index (χ2v) is 5.30. The fraction of sp³-hybridized carbons (Fsp3) is 0.533. The Hall–Kier alpha value is -1.73. The Balaban J connectivity index is 1.85. The number of benzene rings is 1. The van der Waals surface area contributed by atoms with E-state index in [1.54, 1.807) is 0 Å². The van der Waals surface area contributed by atoms with Crippen molar-refractivity contribution < 1.29 is 23.4 Å². The molecule has 0 spiro atoms. The zero-order chi connectivity index (χ0) is 16.1. The van der Waals surface area contributed by atoms with Crippen LogP contribution in [-0.2, 0) is 0 Å². The summed E-state index contributed by atoms with van der Waals surface area (Å²) < 4.78 is 31.7. The van der Waals surface area contributed by atoms with Gasteiger partial charge in [0.2, 0.25) is 0 Å². The molecule has 1 fully saturated rings. The van der Waals surface area contributed by atoms with Gasteiger partial charge in [-0.3, -0.25) is 4.79 Å². The van der Waals surface area contributed by atoms with Gasteiger partial charge in [-0.05, 0) is 25.0 Å². The quantitative estimate of drug-likeness (QED) is 0.856. The van der Waals surface area contributed by atoms with Gasteiger partial charge < -0.3 is 20.1 Å². The SMILES string of the molecule is COc1c(F)cc(C(=O)NCCN2CCC(O)CC2)cc1F. The number of halogens is 2. The molecule has 22 heavy (non-hydrogen) atoms. The second kappa shape index (κ2) is 7.51. The molecule has 1 aromatic rings. The average molecular weight is 314 g/mol. The number of aliphatic hydroxyl groups excluding tert-OH is 1. The number of carbonyl (C=O) groups is 1. The van der Waals surface area contributed by atoms with Crippen molar-refractivity contribution in [1.29, 1.82) is 0 Å². The molecule has 1 amide bonds. The Kier molecular flexibility index (Phi) is 5.68. The van der Waals surface area contributed by atoms with Crippen LogP contribution in [0.25, 0.3) is 0 Å². The molecule has 122 valence electrons.